The summed E-state index contributed by atoms with van der Waals surface area (Å²) >= 11 is 0. The zero-order valence-electron chi connectivity index (χ0n) is 16.3. The highest BCUT2D eigenvalue weighted by molar-refractivity contribution is 5.82. The van der Waals surface area contributed by atoms with Crippen LogP contribution in [0.3, 0.4) is 0 Å². The molecule has 1 amide bonds. The molecule has 5 heteroatoms. The number of alkyl carbamates (subject to hydrolysis) is 1. The Bertz CT molecular complexity index is 712. The molecule has 0 radical (unpaired) electrons. The molecule has 3 fully saturated rings. The summed E-state index contributed by atoms with van der Waals surface area (Å²) in [7, 11) is 0. The van der Waals surface area contributed by atoms with E-state index in [0.717, 1.165) is 19.3 Å². The van der Waals surface area contributed by atoms with Crippen LogP contribution in [0.25, 0.3) is 0 Å². The maximum Gasteiger partial charge on any atom is 0.408 e. The molecule has 26 heavy (non-hydrogen) atoms. The molecule has 142 valence electrons. The lowest BCUT2D eigenvalue weighted by atomic mass is 9.31. The topological polar surface area (TPSA) is 75.6 Å². The summed E-state index contributed by atoms with van der Waals surface area (Å²) in [5.74, 6) is -0.548. The van der Waals surface area contributed by atoms with Crippen LogP contribution in [0.1, 0.15) is 70.9 Å². The van der Waals surface area contributed by atoms with Crippen molar-refractivity contribution in [1.82, 2.24) is 5.32 Å². The van der Waals surface area contributed by atoms with E-state index in [1.807, 2.05) is 0 Å². The van der Waals surface area contributed by atoms with E-state index < -0.39 is 23.7 Å². The molecule has 2 bridgehead atoms. The van der Waals surface area contributed by atoms with Crippen molar-refractivity contribution < 1.29 is 19.4 Å². The predicted molar refractivity (Wildman–Crippen MR) is 99.3 cm³/mol. The maximum absolute atomic E-state index is 12.1. The first kappa shape index (κ1) is 18.7. The third kappa shape index (κ3) is 3.08. The van der Waals surface area contributed by atoms with Crippen LogP contribution in [0, 0.1) is 5.41 Å². The number of amides is 1. The summed E-state index contributed by atoms with van der Waals surface area (Å²) in [6.07, 6.45) is 1.75. The van der Waals surface area contributed by atoms with Gasteiger partial charge in [-0.2, -0.15) is 0 Å². The van der Waals surface area contributed by atoms with Gasteiger partial charge in [-0.3, -0.25) is 0 Å². The minimum atomic E-state index is -0.985. The predicted octanol–water partition coefficient (Wildman–Crippen LogP) is 4.21. The van der Waals surface area contributed by atoms with Gasteiger partial charge in [-0.15, -0.1) is 0 Å². The first-order chi connectivity index (χ1) is 12.0. The van der Waals surface area contributed by atoms with E-state index >= 15 is 0 Å². The summed E-state index contributed by atoms with van der Waals surface area (Å²) in [6, 6.07) is 7.56. The summed E-state index contributed by atoms with van der Waals surface area (Å²) in [5.41, 5.74) is 1.76. The van der Waals surface area contributed by atoms with E-state index in [1.54, 1.807) is 20.8 Å². The van der Waals surface area contributed by atoms with Gasteiger partial charge in [0.2, 0.25) is 0 Å². The third-order valence-electron chi connectivity index (χ3n) is 5.75. The number of hydrogen-bond donors (Lipinski definition) is 2. The SMILES string of the molecule is CC(C)c1ccccc1C12CC(C(NC(=O)OC(C)(C)C)C(=O)O)(C1)C2. The van der Waals surface area contributed by atoms with Crippen LogP contribution in [0.15, 0.2) is 24.3 Å². The van der Waals surface area contributed by atoms with Crippen molar-refractivity contribution in [2.75, 3.05) is 0 Å². The zero-order chi connectivity index (χ0) is 19.3. The van der Waals surface area contributed by atoms with Crippen LogP contribution < -0.4 is 5.32 Å². The van der Waals surface area contributed by atoms with Gasteiger partial charge in [0.1, 0.15) is 11.6 Å². The van der Waals surface area contributed by atoms with E-state index in [2.05, 4.69) is 43.4 Å². The average molecular weight is 359 g/mol. The number of nitrogens with one attached hydrogen (secondary N) is 1. The minimum absolute atomic E-state index is 0.0736. The van der Waals surface area contributed by atoms with Gasteiger partial charge in [0.25, 0.3) is 0 Å². The monoisotopic (exact) mass is 359 g/mol. The molecule has 0 saturated heterocycles. The highest BCUT2D eigenvalue weighted by Gasteiger charge is 2.73. The molecular weight excluding hydrogens is 330 g/mol. The molecule has 3 aliphatic carbocycles. The minimum Gasteiger partial charge on any atom is -0.480 e. The summed E-state index contributed by atoms with van der Waals surface area (Å²) in [6.45, 7) is 9.66. The molecule has 5 nitrogen and oxygen atoms in total. The fourth-order valence-corrected chi connectivity index (χ4v) is 4.84. The Labute approximate surface area is 155 Å². The number of carbonyl (C=O) groups is 2. The van der Waals surface area contributed by atoms with Crippen LogP contribution in [-0.2, 0) is 14.9 Å². The van der Waals surface area contributed by atoms with Gasteiger partial charge in [-0.25, -0.2) is 9.59 Å². The molecule has 0 heterocycles. The Balaban J connectivity index is 1.73. The largest absolute Gasteiger partial charge is 0.480 e. The Kier molecular flexibility index (Phi) is 4.32. The van der Waals surface area contributed by atoms with E-state index in [-0.39, 0.29) is 10.8 Å². The van der Waals surface area contributed by atoms with Crippen LogP contribution in [0.4, 0.5) is 4.79 Å². The van der Waals surface area contributed by atoms with Crippen LogP contribution in [0.5, 0.6) is 0 Å². The lowest BCUT2D eigenvalue weighted by molar-refractivity contribution is -0.183. The lowest BCUT2D eigenvalue weighted by Gasteiger charge is -2.73. The smallest absolute Gasteiger partial charge is 0.408 e. The number of rotatable bonds is 5. The molecule has 1 atom stereocenters. The van der Waals surface area contributed by atoms with E-state index in [0.29, 0.717) is 5.92 Å². The number of benzene rings is 1. The number of carboxylic acid groups (broad SMARTS) is 1. The van der Waals surface area contributed by atoms with Crippen molar-refractivity contribution in [3.05, 3.63) is 35.4 Å². The molecule has 2 N–H and O–H groups in total. The molecule has 0 spiro atoms. The maximum atomic E-state index is 12.1. The number of carboxylic acids is 1. The van der Waals surface area contributed by atoms with Gasteiger partial charge < -0.3 is 15.2 Å². The number of carbonyl (C=O) groups excluding carboxylic acids is 1. The molecule has 1 aromatic carbocycles. The Morgan fingerprint density at radius 3 is 2.23 bits per heavy atom. The van der Waals surface area contributed by atoms with Crippen molar-refractivity contribution >= 4 is 12.1 Å². The standard InChI is InChI=1S/C21H29NO4/c1-13(2)14-8-6-7-9-15(14)20-10-21(11-20,12-20)16(17(23)24)22-18(25)26-19(3,4)5/h6-9,13,16H,10-12H2,1-5H3,(H,22,25)(H,23,24). The van der Waals surface area contributed by atoms with E-state index in [9.17, 15) is 14.7 Å². The number of hydrogen-bond acceptors (Lipinski definition) is 3. The second-order valence-corrected chi connectivity index (χ2v) is 9.33. The highest BCUT2D eigenvalue weighted by atomic mass is 16.6. The number of ether oxygens (including phenoxy) is 1. The molecule has 3 saturated carbocycles. The summed E-state index contributed by atoms with van der Waals surface area (Å²) in [5, 5.41) is 12.3. The van der Waals surface area contributed by atoms with Gasteiger partial charge in [-0.05, 0) is 62.5 Å². The van der Waals surface area contributed by atoms with Gasteiger partial charge in [0.05, 0.1) is 0 Å². The second-order valence-electron chi connectivity index (χ2n) is 9.33. The van der Waals surface area contributed by atoms with Crippen molar-refractivity contribution in [3.8, 4) is 0 Å². The van der Waals surface area contributed by atoms with Crippen LogP contribution in [0.2, 0.25) is 0 Å². The van der Waals surface area contributed by atoms with Crippen molar-refractivity contribution in [2.24, 2.45) is 5.41 Å². The molecule has 4 rings (SSSR count). The van der Waals surface area contributed by atoms with Gasteiger partial charge >= 0.3 is 12.1 Å². The normalized spacial score (nSPS) is 27.9. The molecule has 1 unspecified atom stereocenters. The fourth-order valence-electron chi connectivity index (χ4n) is 4.84. The molecule has 1 aromatic rings. The van der Waals surface area contributed by atoms with E-state index in [4.69, 9.17) is 4.74 Å². The van der Waals surface area contributed by atoms with Crippen molar-refractivity contribution in [3.63, 3.8) is 0 Å². The van der Waals surface area contributed by atoms with E-state index in [1.165, 1.54) is 11.1 Å². The van der Waals surface area contributed by atoms with Gasteiger partial charge in [0.15, 0.2) is 0 Å². The number of aliphatic carboxylic acids is 1. The molecule has 0 aliphatic heterocycles. The first-order valence-corrected chi connectivity index (χ1v) is 9.30. The van der Waals surface area contributed by atoms with Gasteiger partial charge in [0, 0.05) is 5.41 Å². The third-order valence-corrected chi connectivity index (χ3v) is 5.75. The quantitative estimate of drug-likeness (QED) is 0.826. The summed E-state index contributed by atoms with van der Waals surface area (Å²) in [4.78, 5) is 23.9. The van der Waals surface area contributed by atoms with Crippen LogP contribution >= 0.6 is 0 Å². The average Bonchev–Trinajstić information content (AvgIpc) is 2.41. The zero-order valence-corrected chi connectivity index (χ0v) is 16.3. The Morgan fingerprint density at radius 2 is 1.73 bits per heavy atom. The molecule has 3 aliphatic rings. The van der Waals surface area contributed by atoms with Gasteiger partial charge in [-0.1, -0.05) is 38.1 Å². The fraction of sp³-hybridized carbons (Fsp3) is 0.619. The first-order valence-electron chi connectivity index (χ1n) is 9.30. The Hall–Kier alpha value is -2.04. The highest BCUT2D eigenvalue weighted by Crippen LogP contribution is 2.75. The molecule has 0 aromatic heterocycles. The Morgan fingerprint density at radius 1 is 1.15 bits per heavy atom. The van der Waals surface area contributed by atoms with Crippen molar-refractivity contribution in [2.45, 2.75) is 76.9 Å². The van der Waals surface area contributed by atoms with Crippen LogP contribution in [-0.4, -0.2) is 28.8 Å². The van der Waals surface area contributed by atoms with Crippen molar-refractivity contribution in [1.29, 1.82) is 0 Å². The molecular formula is C21H29NO4. The lowest BCUT2D eigenvalue weighted by Crippen LogP contribution is -2.73. The summed E-state index contributed by atoms with van der Waals surface area (Å²) < 4.78 is 5.25. The second kappa shape index (κ2) is 6.00.